The first-order valence-corrected chi connectivity index (χ1v) is 7.08. The summed E-state index contributed by atoms with van der Waals surface area (Å²) in [5.74, 6) is 1.67. The lowest BCUT2D eigenvalue weighted by atomic mass is 10.1. The van der Waals surface area contributed by atoms with E-state index in [0.717, 1.165) is 34.4 Å². The summed E-state index contributed by atoms with van der Waals surface area (Å²) in [5.41, 5.74) is 8.88. The second-order valence-electron chi connectivity index (χ2n) is 5.10. The van der Waals surface area contributed by atoms with Crippen LogP contribution in [0.3, 0.4) is 0 Å². The minimum absolute atomic E-state index is 0.663. The molecule has 0 radical (unpaired) electrons. The van der Waals surface area contributed by atoms with Crippen LogP contribution in [-0.2, 0) is 6.42 Å². The molecular weight excluding hydrogens is 260 g/mol. The summed E-state index contributed by atoms with van der Waals surface area (Å²) in [7, 11) is 0. The first kappa shape index (κ1) is 13.6. The molecule has 3 nitrogen and oxygen atoms in total. The molecule has 0 atom stereocenters. The molecule has 21 heavy (non-hydrogen) atoms. The zero-order chi connectivity index (χ0) is 14.7. The predicted molar refractivity (Wildman–Crippen MR) is 85.8 cm³/mol. The molecule has 0 aliphatic carbocycles. The maximum absolute atomic E-state index is 5.98. The third kappa shape index (κ3) is 3.03. The van der Waals surface area contributed by atoms with Gasteiger partial charge in [0.15, 0.2) is 0 Å². The van der Waals surface area contributed by atoms with E-state index >= 15 is 0 Å². The van der Waals surface area contributed by atoms with E-state index in [4.69, 9.17) is 10.5 Å². The largest absolute Gasteiger partial charge is 0.457 e. The highest BCUT2D eigenvalue weighted by Gasteiger charge is 2.04. The second-order valence-corrected chi connectivity index (χ2v) is 5.10. The topological polar surface area (TPSA) is 48.1 Å². The molecule has 0 bridgehead atoms. The van der Waals surface area contributed by atoms with Crippen molar-refractivity contribution in [2.45, 2.75) is 13.3 Å². The number of fused-ring (bicyclic) bond motifs is 1. The quantitative estimate of drug-likeness (QED) is 0.789. The lowest BCUT2D eigenvalue weighted by Gasteiger charge is -2.10. The van der Waals surface area contributed by atoms with E-state index in [2.05, 4.69) is 24.0 Å². The van der Waals surface area contributed by atoms with Crippen LogP contribution in [0.1, 0.15) is 11.1 Å². The van der Waals surface area contributed by atoms with Gasteiger partial charge in [-0.3, -0.25) is 4.98 Å². The van der Waals surface area contributed by atoms with Crippen molar-refractivity contribution in [2.75, 3.05) is 6.54 Å². The van der Waals surface area contributed by atoms with Crippen molar-refractivity contribution in [1.29, 1.82) is 0 Å². The zero-order valence-corrected chi connectivity index (χ0v) is 12.0. The van der Waals surface area contributed by atoms with Gasteiger partial charge in [0.2, 0.25) is 0 Å². The van der Waals surface area contributed by atoms with Crippen LogP contribution in [0.4, 0.5) is 0 Å². The molecule has 1 heterocycles. The number of benzene rings is 2. The summed E-state index contributed by atoms with van der Waals surface area (Å²) in [6, 6.07) is 16.1. The lowest BCUT2D eigenvalue weighted by Crippen LogP contribution is -2.02. The molecule has 0 aliphatic rings. The molecule has 3 heteroatoms. The van der Waals surface area contributed by atoms with Crippen LogP contribution in [0.15, 0.2) is 54.7 Å². The SMILES string of the molecule is Cc1cc(CCN)ccc1Oc1ccc2cccnc2c1. The molecule has 2 N–H and O–H groups in total. The van der Waals surface area contributed by atoms with Crippen molar-refractivity contribution in [3.8, 4) is 11.5 Å². The molecule has 0 spiro atoms. The Kier molecular flexibility index (Phi) is 3.84. The van der Waals surface area contributed by atoms with Gasteiger partial charge in [-0.05, 0) is 55.3 Å². The maximum Gasteiger partial charge on any atom is 0.130 e. The Morgan fingerprint density at radius 1 is 1.10 bits per heavy atom. The number of aryl methyl sites for hydroxylation is 1. The summed E-state index contributed by atoms with van der Waals surface area (Å²) in [4.78, 5) is 4.35. The third-order valence-electron chi connectivity index (χ3n) is 3.48. The number of aromatic nitrogens is 1. The third-order valence-corrected chi connectivity index (χ3v) is 3.48. The van der Waals surface area contributed by atoms with E-state index in [-0.39, 0.29) is 0 Å². The highest BCUT2D eigenvalue weighted by atomic mass is 16.5. The molecule has 0 amide bonds. The van der Waals surface area contributed by atoms with Crippen LogP contribution >= 0.6 is 0 Å². The van der Waals surface area contributed by atoms with Crippen LogP contribution in [0, 0.1) is 6.92 Å². The Bertz CT molecular complexity index is 768. The molecule has 1 aromatic heterocycles. The van der Waals surface area contributed by atoms with Gasteiger partial charge in [-0.1, -0.05) is 18.2 Å². The standard InChI is InChI=1S/C18H18N2O/c1-13-11-14(8-9-19)4-7-18(13)21-16-6-5-15-3-2-10-20-17(15)12-16/h2-7,10-12H,8-9,19H2,1H3. The fraction of sp³-hybridized carbons (Fsp3) is 0.167. The van der Waals surface area contributed by atoms with E-state index in [0.29, 0.717) is 6.54 Å². The van der Waals surface area contributed by atoms with Crippen LogP contribution in [0.5, 0.6) is 11.5 Å². The Hall–Kier alpha value is -2.39. The van der Waals surface area contributed by atoms with Crippen molar-refractivity contribution in [2.24, 2.45) is 5.73 Å². The number of nitrogens with two attached hydrogens (primary N) is 1. The van der Waals surface area contributed by atoms with E-state index in [1.54, 1.807) is 6.20 Å². The molecule has 3 rings (SSSR count). The number of pyridine rings is 1. The van der Waals surface area contributed by atoms with E-state index < -0.39 is 0 Å². The number of hydrogen-bond donors (Lipinski definition) is 1. The van der Waals surface area contributed by atoms with Gasteiger partial charge < -0.3 is 10.5 Å². The average molecular weight is 278 g/mol. The monoisotopic (exact) mass is 278 g/mol. The van der Waals surface area contributed by atoms with Crippen molar-refractivity contribution in [3.63, 3.8) is 0 Å². The fourth-order valence-corrected chi connectivity index (χ4v) is 2.38. The maximum atomic E-state index is 5.98. The van der Waals surface area contributed by atoms with Crippen molar-refractivity contribution >= 4 is 10.9 Å². The molecule has 3 aromatic rings. The number of rotatable bonds is 4. The number of nitrogens with zero attached hydrogens (tertiary/aromatic N) is 1. The summed E-state index contributed by atoms with van der Waals surface area (Å²) in [6.07, 6.45) is 2.68. The predicted octanol–water partition coefficient (Wildman–Crippen LogP) is 3.84. The van der Waals surface area contributed by atoms with Crippen LogP contribution < -0.4 is 10.5 Å². The normalized spacial score (nSPS) is 10.8. The van der Waals surface area contributed by atoms with Gasteiger partial charge in [0.1, 0.15) is 11.5 Å². The van der Waals surface area contributed by atoms with Crippen LogP contribution in [-0.4, -0.2) is 11.5 Å². The van der Waals surface area contributed by atoms with Crippen molar-refractivity contribution in [3.05, 3.63) is 65.9 Å². The molecule has 2 aromatic carbocycles. The van der Waals surface area contributed by atoms with Gasteiger partial charge in [0, 0.05) is 17.6 Å². The van der Waals surface area contributed by atoms with Crippen LogP contribution in [0.25, 0.3) is 10.9 Å². The first-order valence-electron chi connectivity index (χ1n) is 7.08. The Morgan fingerprint density at radius 2 is 2.00 bits per heavy atom. The molecule has 0 fully saturated rings. The van der Waals surface area contributed by atoms with Gasteiger partial charge in [-0.2, -0.15) is 0 Å². The van der Waals surface area contributed by atoms with E-state index in [9.17, 15) is 0 Å². The van der Waals surface area contributed by atoms with Crippen molar-refractivity contribution < 1.29 is 4.74 Å². The van der Waals surface area contributed by atoms with Gasteiger partial charge in [-0.25, -0.2) is 0 Å². The molecule has 106 valence electrons. The van der Waals surface area contributed by atoms with Gasteiger partial charge in [0.25, 0.3) is 0 Å². The fourth-order valence-electron chi connectivity index (χ4n) is 2.38. The molecular formula is C18H18N2O. The van der Waals surface area contributed by atoms with Gasteiger partial charge in [0.05, 0.1) is 5.52 Å². The Labute approximate surface area is 124 Å². The van der Waals surface area contributed by atoms with E-state index in [1.165, 1.54) is 5.56 Å². The van der Waals surface area contributed by atoms with Gasteiger partial charge in [-0.15, -0.1) is 0 Å². The minimum Gasteiger partial charge on any atom is -0.457 e. The molecule has 0 unspecified atom stereocenters. The highest BCUT2D eigenvalue weighted by molar-refractivity contribution is 5.79. The smallest absolute Gasteiger partial charge is 0.130 e. The summed E-state index contributed by atoms with van der Waals surface area (Å²) >= 11 is 0. The van der Waals surface area contributed by atoms with Gasteiger partial charge >= 0.3 is 0 Å². The number of hydrogen-bond acceptors (Lipinski definition) is 3. The minimum atomic E-state index is 0.663. The molecule has 0 aliphatic heterocycles. The Balaban J connectivity index is 1.87. The first-order chi connectivity index (χ1) is 10.3. The highest BCUT2D eigenvalue weighted by Crippen LogP contribution is 2.27. The summed E-state index contributed by atoms with van der Waals surface area (Å²) < 4.78 is 5.98. The summed E-state index contributed by atoms with van der Waals surface area (Å²) in [5, 5.41) is 1.11. The molecule has 0 saturated carbocycles. The van der Waals surface area contributed by atoms with Crippen LogP contribution in [0.2, 0.25) is 0 Å². The van der Waals surface area contributed by atoms with Crippen molar-refractivity contribution in [1.82, 2.24) is 4.98 Å². The Morgan fingerprint density at radius 3 is 2.81 bits per heavy atom. The molecule has 0 saturated heterocycles. The zero-order valence-electron chi connectivity index (χ0n) is 12.0. The van der Waals surface area contributed by atoms with E-state index in [1.807, 2.05) is 36.4 Å². The second kappa shape index (κ2) is 5.94. The number of ether oxygens (including phenoxy) is 1. The lowest BCUT2D eigenvalue weighted by molar-refractivity contribution is 0.479. The summed E-state index contributed by atoms with van der Waals surface area (Å²) in [6.45, 7) is 2.71. The average Bonchev–Trinajstić information content (AvgIpc) is 2.50.